The smallest absolute Gasteiger partial charge is 0.339 e. The molecular weight excluding hydrogens is 372 g/mol. The van der Waals surface area contributed by atoms with Gasteiger partial charge in [0.15, 0.2) is 6.10 Å². The maximum atomic E-state index is 12.9. The molecule has 0 spiro atoms. The highest BCUT2D eigenvalue weighted by Gasteiger charge is 2.23. The van der Waals surface area contributed by atoms with Crippen molar-refractivity contribution in [2.24, 2.45) is 0 Å². The minimum Gasteiger partial charge on any atom is -0.496 e. The first-order valence-electron chi connectivity index (χ1n) is 9.16. The first-order chi connectivity index (χ1) is 14.0. The lowest BCUT2D eigenvalue weighted by atomic mass is 10.0. The predicted molar refractivity (Wildman–Crippen MR) is 110 cm³/mol. The van der Waals surface area contributed by atoms with Crippen LogP contribution in [0.3, 0.4) is 0 Å². The van der Waals surface area contributed by atoms with Gasteiger partial charge in [-0.25, -0.2) is 9.59 Å². The van der Waals surface area contributed by atoms with E-state index >= 15 is 0 Å². The molecule has 0 aliphatic heterocycles. The van der Waals surface area contributed by atoms with Crippen LogP contribution in [0.4, 0.5) is 4.79 Å². The average molecular weight is 396 g/mol. The van der Waals surface area contributed by atoms with Crippen molar-refractivity contribution in [3.05, 3.63) is 65.7 Å². The number of nitrogens with one attached hydrogen (secondary N) is 2. The maximum Gasteiger partial charge on any atom is 0.339 e. The molecule has 0 heterocycles. The van der Waals surface area contributed by atoms with E-state index in [-0.39, 0.29) is 5.57 Å². The van der Waals surface area contributed by atoms with Crippen molar-refractivity contribution in [2.45, 2.75) is 20.0 Å². The Morgan fingerprint density at radius 2 is 1.69 bits per heavy atom. The summed E-state index contributed by atoms with van der Waals surface area (Å²) in [4.78, 5) is 36.5. The number of carbonyl (C=O) groups excluding carboxylic acids is 3. The predicted octanol–water partition coefficient (Wildman–Crippen LogP) is 3.01. The molecule has 0 aliphatic rings. The molecule has 7 heteroatoms. The fourth-order valence-electron chi connectivity index (χ4n) is 2.51. The molecule has 0 fully saturated rings. The van der Waals surface area contributed by atoms with E-state index in [1.807, 2.05) is 18.2 Å². The van der Waals surface area contributed by atoms with Gasteiger partial charge in [0.1, 0.15) is 5.75 Å². The Morgan fingerprint density at radius 1 is 1.03 bits per heavy atom. The molecule has 29 heavy (non-hydrogen) atoms. The van der Waals surface area contributed by atoms with Crippen molar-refractivity contribution in [1.29, 1.82) is 0 Å². The highest BCUT2D eigenvalue weighted by molar-refractivity contribution is 6.22. The number of hydrogen-bond acceptors (Lipinski definition) is 5. The van der Waals surface area contributed by atoms with Crippen molar-refractivity contribution in [3.8, 4) is 5.75 Å². The van der Waals surface area contributed by atoms with Crippen LogP contribution in [-0.2, 0) is 14.3 Å². The van der Waals surface area contributed by atoms with E-state index < -0.39 is 24.0 Å². The van der Waals surface area contributed by atoms with Gasteiger partial charge in [-0.05, 0) is 31.6 Å². The third kappa shape index (κ3) is 6.21. The van der Waals surface area contributed by atoms with Gasteiger partial charge in [-0.3, -0.25) is 10.1 Å². The second-order valence-corrected chi connectivity index (χ2v) is 6.06. The molecular formula is C22H24N2O5. The standard InChI is InChI=1S/C22H24N2O5/c1-4-23-22(27)24-20(25)15(2)29-21(26)18(16-10-6-5-7-11-16)14-17-12-8-9-13-19(17)28-3/h5-15H,4H2,1-3H3,(H2,23,24,25,27)/b18-14+/t15-/m1/s1. The normalized spacial score (nSPS) is 11.9. The Morgan fingerprint density at radius 3 is 2.34 bits per heavy atom. The van der Waals surface area contributed by atoms with E-state index in [2.05, 4.69) is 10.6 Å². The first-order valence-corrected chi connectivity index (χ1v) is 9.16. The summed E-state index contributed by atoms with van der Waals surface area (Å²) in [6, 6.07) is 15.5. The number of benzene rings is 2. The number of rotatable bonds is 7. The average Bonchev–Trinajstić information content (AvgIpc) is 2.72. The van der Waals surface area contributed by atoms with Gasteiger partial charge in [-0.15, -0.1) is 0 Å². The minimum atomic E-state index is -1.16. The fourth-order valence-corrected chi connectivity index (χ4v) is 2.51. The molecule has 0 unspecified atom stereocenters. The van der Waals surface area contributed by atoms with Crippen LogP contribution in [0.2, 0.25) is 0 Å². The second-order valence-electron chi connectivity index (χ2n) is 6.06. The lowest BCUT2D eigenvalue weighted by molar-refractivity contribution is -0.148. The molecule has 0 radical (unpaired) electrons. The molecule has 0 aromatic heterocycles. The van der Waals surface area contributed by atoms with Gasteiger partial charge < -0.3 is 14.8 Å². The molecule has 2 aromatic rings. The number of imide groups is 1. The van der Waals surface area contributed by atoms with E-state index in [9.17, 15) is 14.4 Å². The fraction of sp³-hybridized carbons (Fsp3) is 0.227. The number of urea groups is 1. The Kier molecular flexibility index (Phi) is 7.97. The summed E-state index contributed by atoms with van der Waals surface area (Å²) in [7, 11) is 1.54. The van der Waals surface area contributed by atoms with Crippen LogP contribution in [0.1, 0.15) is 25.0 Å². The largest absolute Gasteiger partial charge is 0.496 e. The number of esters is 1. The van der Waals surface area contributed by atoms with E-state index in [1.165, 1.54) is 6.92 Å². The summed E-state index contributed by atoms with van der Waals surface area (Å²) < 4.78 is 10.7. The number of hydrogen-bond donors (Lipinski definition) is 2. The Hall–Kier alpha value is -3.61. The highest BCUT2D eigenvalue weighted by Crippen LogP contribution is 2.25. The van der Waals surface area contributed by atoms with Crippen LogP contribution in [0.15, 0.2) is 54.6 Å². The quantitative estimate of drug-likeness (QED) is 0.426. The Balaban J connectivity index is 2.28. The van der Waals surface area contributed by atoms with Gasteiger partial charge in [0.25, 0.3) is 5.91 Å². The molecule has 2 rings (SSSR count). The SMILES string of the molecule is CCNC(=O)NC(=O)[C@@H](C)OC(=O)/C(=C/c1ccccc1OC)c1ccccc1. The molecule has 2 aromatic carbocycles. The zero-order chi connectivity index (χ0) is 21.2. The molecule has 3 amide bonds. The monoisotopic (exact) mass is 396 g/mol. The van der Waals surface area contributed by atoms with Crippen molar-refractivity contribution < 1.29 is 23.9 Å². The van der Waals surface area contributed by atoms with Crippen LogP contribution in [-0.4, -0.2) is 37.7 Å². The Bertz CT molecular complexity index is 893. The van der Waals surface area contributed by atoms with Gasteiger partial charge in [0.2, 0.25) is 0 Å². The van der Waals surface area contributed by atoms with Gasteiger partial charge >= 0.3 is 12.0 Å². The van der Waals surface area contributed by atoms with E-state index in [0.717, 1.165) is 0 Å². The summed E-state index contributed by atoms with van der Waals surface area (Å²) in [6.45, 7) is 3.49. The van der Waals surface area contributed by atoms with Crippen molar-refractivity contribution in [2.75, 3.05) is 13.7 Å². The summed E-state index contributed by atoms with van der Waals surface area (Å²) in [6.07, 6.45) is 0.486. The van der Waals surface area contributed by atoms with Crippen LogP contribution in [0.5, 0.6) is 5.75 Å². The van der Waals surface area contributed by atoms with Gasteiger partial charge in [-0.1, -0.05) is 48.5 Å². The lowest BCUT2D eigenvalue weighted by Crippen LogP contribution is -2.44. The third-order valence-corrected chi connectivity index (χ3v) is 3.97. The maximum absolute atomic E-state index is 12.9. The lowest BCUT2D eigenvalue weighted by Gasteiger charge is -2.15. The molecule has 0 aliphatic carbocycles. The number of methoxy groups -OCH3 is 1. The van der Waals surface area contributed by atoms with E-state index in [4.69, 9.17) is 9.47 Å². The van der Waals surface area contributed by atoms with Crippen molar-refractivity contribution in [1.82, 2.24) is 10.6 Å². The molecule has 7 nitrogen and oxygen atoms in total. The van der Waals surface area contributed by atoms with Crippen LogP contribution in [0, 0.1) is 0 Å². The van der Waals surface area contributed by atoms with Crippen molar-refractivity contribution in [3.63, 3.8) is 0 Å². The zero-order valence-electron chi connectivity index (χ0n) is 16.6. The zero-order valence-corrected chi connectivity index (χ0v) is 16.6. The molecule has 1 atom stereocenters. The molecule has 0 saturated carbocycles. The summed E-state index contributed by atoms with van der Waals surface area (Å²) in [5, 5.41) is 4.57. The number of ether oxygens (including phenoxy) is 2. The molecule has 0 saturated heterocycles. The highest BCUT2D eigenvalue weighted by atomic mass is 16.5. The second kappa shape index (κ2) is 10.7. The summed E-state index contributed by atoms with van der Waals surface area (Å²) in [5.41, 5.74) is 1.57. The summed E-state index contributed by atoms with van der Waals surface area (Å²) in [5.74, 6) is -0.814. The molecule has 0 bridgehead atoms. The minimum absolute atomic E-state index is 0.257. The van der Waals surface area contributed by atoms with E-state index in [1.54, 1.807) is 56.5 Å². The first kappa shape index (κ1) is 21.7. The van der Waals surface area contributed by atoms with E-state index in [0.29, 0.717) is 23.4 Å². The van der Waals surface area contributed by atoms with Gasteiger partial charge in [0.05, 0.1) is 12.7 Å². The van der Waals surface area contributed by atoms with Crippen molar-refractivity contribution >= 4 is 29.6 Å². The van der Waals surface area contributed by atoms with Crippen LogP contribution < -0.4 is 15.4 Å². The van der Waals surface area contributed by atoms with Gasteiger partial charge in [-0.2, -0.15) is 0 Å². The summed E-state index contributed by atoms with van der Waals surface area (Å²) >= 11 is 0. The number of amides is 3. The van der Waals surface area contributed by atoms with Gasteiger partial charge in [0, 0.05) is 12.1 Å². The molecule has 152 valence electrons. The van der Waals surface area contributed by atoms with Crippen LogP contribution in [0.25, 0.3) is 11.6 Å². The van der Waals surface area contributed by atoms with Crippen LogP contribution >= 0.6 is 0 Å². The molecule has 2 N–H and O–H groups in total. The number of para-hydroxylation sites is 1. The Labute approximate surface area is 169 Å². The number of carbonyl (C=O) groups is 3. The topological polar surface area (TPSA) is 93.7 Å². The third-order valence-electron chi connectivity index (χ3n) is 3.97.